The maximum atomic E-state index is 14.9. The van der Waals surface area contributed by atoms with Crippen LogP contribution in [0.2, 0.25) is 0 Å². The van der Waals surface area contributed by atoms with Gasteiger partial charge in [0.05, 0.1) is 41.1 Å². The highest BCUT2D eigenvalue weighted by molar-refractivity contribution is 7.91. The van der Waals surface area contributed by atoms with E-state index in [1.165, 1.54) is 28.4 Å². The van der Waals surface area contributed by atoms with E-state index in [2.05, 4.69) is 18.6 Å². The van der Waals surface area contributed by atoms with E-state index >= 15 is 0 Å². The lowest BCUT2D eigenvalue weighted by atomic mass is 9.90. The molecule has 5 atom stereocenters. The van der Waals surface area contributed by atoms with Gasteiger partial charge >= 0.3 is 0 Å². The molecular formula is C48H58F2N4O7S2. The van der Waals surface area contributed by atoms with Gasteiger partial charge in [-0.1, -0.05) is 46.3 Å². The van der Waals surface area contributed by atoms with E-state index < -0.39 is 55.8 Å². The van der Waals surface area contributed by atoms with E-state index in [1.54, 1.807) is 14.0 Å². The van der Waals surface area contributed by atoms with Crippen LogP contribution in [0.3, 0.4) is 0 Å². The Labute approximate surface area is 373 Å². The van der Waals surface area contributed by atoms with Crippen molar-refractivity contribution in [1.29, 1.82) is 0 Å². The molecule has 8 rings (SSSR count). The molecule has 2 amide bonds. The first-order valence-corrected chi connectivity index (χ1v) is 24.0. The third-order valence-corrected chi connectivity index (χ3v) is 16.4. The summed E-state index contributed by atoms with van der Waals surface area (Å²) in [6.45, 7) is 7.69. The number of pyridine rings is 1. The number of nitrogens with one attached hydrogen (secondary N) is 1. The third kappa shape index (κ3) is 9.41. The molecule has 3 fully saturated rings. The van der Waals surface area contributed by atoms with Gasteiger partial charge < -0.3 is 14.4 Å². The highest BCUT2D eigenvalue weighted by Crippen LogP contribution is 2.58. The fraction of sp³-hybridized carbons (Fsp3) is 0.521. The number of aryl methyl sites for hydroxylation is 1. The number of ether oxygens (including phenoxy) is 2. The Bertz CT molecular complexity index is 2540. The van der Waals surface area contributed by atoms with E-state index in [0.29, 0.717) is 77.2 Å². The number of Topliss-reactive ketones (excluding diaryl/α,β-unsaturated/α-hetero) is 1. The molecule has 4 aliphatic rings. The van der Waals surface area contributed by atoms with E-state index in [0.717, 1.165) is 30.2 Å². The van der Waals surface area contributed by atoms with Crippen LogP contribution in [0.4, 0.5) is 8.78 Å². The molecule has 1 N–H and O–H groups in total. The molecule has 2 aromatic heterocycles. The van der Waals surface area contributed by atoms with Crippen molar-refractivity contribution in [2.75, 3.05) is 13.7 Å². The fourth-order valence-corrected chi connectivity index (χ4v) is 11.4. The summed E-state index contributed by atoms with van der Waals surface area (Å²) in [5, 5.41) is 3.42. The van der Waals surface area contributed by atoms with E-state index in [-0.39, 0.29) is 56.8 Å². The molecule has 4 aromatic rings. The van der Waals surface area contributed by atoms with Gasteiger partial charge in [0.25, 0.3) is 0 Å². The van der Waals surface area contributed by atoms with Crippen molar-refractivity contribution in [3.8, 4) is 22.2 Å². The molecule has 11 nitrogen and oxygen atoms in total. The summed E-state index contributed by atoms with van der Waals surface area (Å²) >= 11 is 1.48. The van der Waals surface area contributed by atoms with Gasteiger partial charge in [-0.15, -0.1) is 11.3 Å². The number of fused-ring (bicyclic) bond motifs is 3. The first-order chi connectivity index (χ1) is 29.5. The van der Waals surface area contributed by atoms with E-state index in [9.17, 15) is 31.6 Å². The van der Waals surface area contributed by atoms with Gasteiger partial charge in [0.2, 0.25) is 21.8 Å². The van der Waals surface area contributed by atoms with Crippen molar-refractivity contribution in [1.82, 2.24) is 19.6 Å². The molecule has 0 bridgehead atoms. The zero-order valence-electron chi connectivity index (χ0n) is 35.8. The van der Waals surface area contributed by atoms with Crippen LogP contribution in [-0.2, 0) is 30.8 Å². The van der Waals surface area contributed by atoms with Crippen molar-refractivity contribution in [3.05, 3.63) is 82.4 Å². The van der Waals surface area contributed by atoms with Gasteiger partial charge in [-0.05, 0) is 100 Å². The first kappa shape index (κ1) is 46.2. The summed E-state index contributed by atoms with van der Waals surface area (Å²) in [6, 6.07) is 7.79. The maximum absolute atomic E-state index is 14.9. The molecule has 1 saturated heterocycles. The lowest BCUT2D eigenvalue weighted by molar-refractivity contribution is -0.142. The second kappa shape index (κ2) is 18.0. The molecule has 2 aromatic carbocycles. The molecule has 0 radical (unpaired) electrons. The number of allylic oxidation sites excluding steroid dienone is 2. The number of carbonyl (C=O) groups excluding carboxylic acids is 3. The van der Waals surface area contributed by atoms with Gasteiger partial charge in [-0.3, -0.25) is 19.1 Å². The van der Waals surface area contributed by atoms with Crippen LogP contribution in [0.1, 0.15) is 115 Å². The van der Waals surface area contributed by atoms with E-state index in [1.807, 2.05) is 42.7 Å². The minimum atomic E-state index is -3.98. The van der Waals surface area contributed by atoms with Crippen molar-refractivity contribution in [2.45, 2.75) is 129 Å². The predicted octanol–water partition coefficient (Wildman–Crippen LogP) is 9.40. The number of aromatic nitrogens is 2. The number of amides is 2. The fourth-order valence-electron chi connectivity index (χ4n) is 9.09. The average Bonchev–Trinajstić information content (AvgIpc) is 3.99. The van der Waals surface area contributed by atoms with Crippen LogP contribution in [0, 0.1) is 35.8 Å². The summed E-state index contributed by atoms with van der Waals surface area (Å²) < 4.78 is 69.4. The molecule has 2 aliphatic carbocycles. The number of methoxy groups -OCH3 is 1. The molecule has 63 heavy (non-hydrogen) atoms. The lowest BCUT2D eigenvalue weighted by Gasteiger charge is -2.29. The molecule has 338 valence electrons. The average molecular weight is 905 g/mol. The van der Waals surface area contributed by atoms with E-state index in [4.69, 9.17) is 19.4 Å². The Balaban J connectivity index is 0.00000595. The maximum Gasteiger partial charge on any atom is 0.240 e. The molecule has 15 heteroatoms. The third-order valence-electron chi connectivity index (χ3n) is 13.4. The predicted molar refractivity (Wildman–Crippen MR) is 240 cm³/mol. The van der Waals surface area contributed by atoms with Crippen LogP contribution >= 0.6 is 11.3 Å². The number of nitrogens with zero attached hydrogens (tertiary/aromatic N) is 3. The molecule has 2 aliphatic heterocycles. The molecule has 0 spiro atoms. The van der Waals surface area contributed by atoms with Gasteiger partial charge in [-0.2, -0.15) is 0 Å². The smallest absolute Gasteiger partial charge is 0.240 e. The van der Waals surface area contributed by atoms with Crippen LogP contribution in [-0.4, -0.2) is 71.4 Å². The standard InChI is InChI=1S/C47H54F2N4O7S2.CH4/c1-27(2)37-26-61-43(51-37)36-22-41(35-13-14-40(59-5)28(3)42(35)50-36)60-34-21-38-39(54)24-47(45(56)52-62(57,58)46(4)15-16-46)23-31(47)12-10-8-6-7-9-11-30(44(55)53(38)25-34)17-29-18-32(48)20-33(49)19-29;/h10,12-14,18-20,22,26-27,30-31,34,38H,6-9,11,15-17,21,23-25H2,1-5H3,(H,52,56);1H4/b12-10-;/t30-,31-,34-,38+,47-;/m1./s1. The molecule has 0 unspecified atom stereocenters. The highest BCUT2D eigenvalue weighted by Gasteiger charge is 2.62. The topological polar surface area (TPSA) is 145 Å². The minimum Gasteiger partial charge on any atom is -0.496 e. The van der Waals surface area contributed by atoms with Crippen molar-refractivity contribution < 1.29 is 41.1 Å². The lowest BCUT2D eigenvalue weighted by Crippen LogP contribution is -2.47. The van der Waals surface area contributed by atoms with Crippen molar-refractivity contribution >= 4 is 49.9 Å². The van der Waals surface area contributed by atoms with Gasteiger partial charge in [0.15, 0.2) is 5.78 Å². The molecule has 2 saturated carbocycles. The largest absolute Gasteiger partial charge is 0.496 e. The monoisotopic (exact) mass is 904 g/mol. The summed E-state index contributed by atoms with van der Waals surface area (Å²) in [7, 11) is -2.39. The van der Waals surface area contributed by atoms with Crippen molar-refractivity contribution in [2.24, 2.45) is 17.3 Å². The number of hydrogen-bond donors (Lipinski definition) is 1. The number of thiazole rings is 1. The SMILES string of the molecule is C.COc1ccc2c(O[C@@H]3C[C@H]4C(=O)C[C@]5(C(=O)NS(=O)(=O)C6(C)CC6)C[C@H]5/C=C\CCCCC[C@H](Cc5cc(F)cc(F)c5)C(=O)N4C3)cc(-c3nc(C(C)C)cs3)nc2c1C. The molecular weight excluding hydrogens is 847 g/mol. The van der Waals surface area contributed by atoms with Crippen molar-refractivity contribution in [3.63, 3.8) is 0 Å². The Kier molecular flexibility index (Phi) is 13.2. The minimum absolute atomic E-state index is 0. The van der Waals surface area contributed by atoms with Crippen LogP contribution in [0.5, 0.6) is 11.5 Å². The van der Waals surface area contributed by atoms with Gasteiger partial charge in [-0.25, -0.2) is 27.2 Å². The summed E-state index contributed by atoms with van der Waals surface area (Å²) in [5.74, 6) is -2.61. The van der Waals surface area contributed by atoms with Crippen LogP contribution in [0.15, 0.2) is 53.9 Å². The Morgan fingerprint density at radius 3 is 2.48 bits per heavy atom. The van der Waals surface area contributed by atoms with Gasteiger partial charge in [0.1, 0.15) is 39.9 Å². The number of rotatable bonds is 10. The zero-order chi connectivity index (χ0) is 44.1. The summed E-state index contributed by atoms with van der Waals surface area (Å²) in [5.41, 5.74) is 2.02. The number of carbonyl (C=O) groups is 3. The molecule has 4 heterocycles. The Hall–Kier alpha value is -4.76. The zero-order valence-corrected chi connectivity index (χ0v) is 37.5. The highest BCUT2D eigenvalue weighted by atomic mass is 32.2. The number of halogens is 2. The Morgan fingerprint density at radius 2 is 1.79 bits per heavy atom. The normalized spacial score (nSPS) is 25.3. The number of sulfonamides is 1. The van der Waals surface area contributed by atoms with Crippen LogP contribution in [0.25, 0.3) is 21.6 Å². The number of hydrogen-bond acceptors (Lipinski definition) is 10. The second-order valence-electron chi connectivity index (χ2n) is 18.2. The van der Waals surface area contributed by atoms with Gasteiger partial charge in [0, 0.05) is 47.2 Å². The quantitative estimate of drug-likeness (QED) is 0.154. The Morgan fingerprint density at radius 1 is 1.05 bits per heavy atom. The number of benzene rings is 2. The van der Waals surface area contributed by atoms with Crippen LogP contribution < -0.4 is 14.2 Å². The first-order valence-electron chi connectivity index (χ1n) is 21.6. The second-order valence-corrected chi connectivity index (χ2v) is 21.3. The summed E-state index contributed by atoms with van der Waals surface area (Å²) in [4.78, 5) is 55.3. The summed E-state index contributed by atoms with van der Waals surface area (Å²) in [6.07, 6.45) is 7.71. The number of ketones is 1.